The predicted octanol–water partition coefficient (Wildman–Crippen LogP) is 4.99. The molecular weight excluding hydrogens is 364 g/mol. The molecule has 0 aliphatic carbocycles. The van der Waals surface area contributed by atoms with Crippen molar-refractivity contribution in [3.63, 3.8) is 0 Å². The van der Waals surface area contributed by atoms with Crippen LogP contribution in [0.4, 0.5) is 0 Å². The van der Waals surface area contributed by atoms with Gasteiger partial charge in [0.2, 0.25) is 0 Å². The summed E-state index contributed by atoms with van der Waals surface area (Å²) in [5.41, 5.74) is 2.37. The number of hydrogen-bond acceptors (Lipinski definition) is 4. The van der Waals surface area contributed by atoms with Crippen LogP contribution in [0.25, 0.3) is 0 Å². The number of halogens is 1. The third-order valence-electron chi connectivity index (χ3n) is 3.73. The fourth-order valence-electron chi connectivity index (χ4n) is 2.65. The second kappa shape index (κ2) is 9.77. The summed E-state index contributed by atoms with van der Waals surface area (Å²) in [6, 6.07) is 13.4. The molecule has 4 nitrogen and oxygen atoms in total. The molecule has 0 heterocycles. The molecule has 0 aliphatic rings. The molecule has 0 aromatic heterocycles. The third kappa shape index (κ3) is 7.61. The normalized spacial score (nSPS) is 11.3. The Morgan fingerprint density at radius 2 is 1.78 bits per heavy atom. The standard InChI is InChI=1S/C22H27ClO4/c1-22(2,3)27-21(24)14-18-7-5-6-8-20(18)26-15-17-11-16(9-10-25-4)12-19(23)13-17/h5-8,11-13H,9-10,14-15H2,1-4H3. The number of para-hydroxylation sites is 1. The highest BCUT2D eigenvalue weighted by Crippen LogP contribution is 2.23. The Morgan fingerprint density at radius 1 is 1.07 bits per heavy atom. The summed E-state index contributed by atoms with van der Waals surface area (Å²) in [4.78, 5) is 12.1. The molecule has 5 heteroatoms. The topological polar surface area (TPSA) is 44.8 Å². The molecular formula is C22H27ClO4. The number of rotatable bonds is 8. The molecule has 0 fully saturated rings. The first kappa shape index (κ1) is 21.3. The SMILES string of the molecule is COCCc1cc(Cl)cc(COc2ccccc2CC(=O)OC(C)(C)C)c1. The zero-order valence-electron chi connectivity index (χ0n) is 16.4. The van der Waals surface area contributed by atoms with E-state index < -0.39 is 5.60 Å². The van der Waals surface area contributed by atoms with Gasteiger partial charge in [0.25, 0.3) is 0 Å². The van der Waals surface area contributed by atoms with Gasteiger partial charge in [-0.25, -0.2) is 0 Å². The van der Waals surface area contributed by atoms with Crippen LogP contribution in [0, 0.1) is 0 Å². The Hall–Kier alpha value is -2.04. The van der Waals surface area contributed by atoms with Crippen molar-refractivity contribution in [1.29, 1.82) is 0 Å². The van der Waals surface area contributed by atoms with Crippen LogP contribution in [0.1, 0.15) is 37.5 Å². The number of ether oxygens (including phenoxy) is 3. The maximum Gasteiger partial charge on any atom is 0.310 e. The van der Waals surface area contributed by atoms with Gasteiger partial charge in [-0.3, -0.25) is 4.79 Å². The van der Waals surface area contributed by atoms with Crippen LogP contribution in [0.2, 0.25) is 5.02 Å². The van der Waals surface area contributed by atoms with Crippen LogP contribution in [-0.2, 0) is 33.7 Å². The van der Waals surface area contributed by atoms with E-state index in [1.807, 2.05) is 57.2 Å². The fraction of sp³-hybridized carbons (Fsp3) is 0.409. The summed E-state index contributed by atoms with van der Waals surface area (Å²) in [6.45, 7) is 6.57. The largest absolute Gasteiger partial charge is 0.489 e. The number of esters is 1. The molecule has 0 bridgehead atoms. The van der Waals surface area contributed by atoms with E-state index in [-0.39, 0.29) is 12.4 Å². The van der Waals surface area contributed by atoms with Gasteiger partial charge < -0.3 is 14.2 Å². The molecule has 0 unspecified atom stereocenters. The van der Waals surface area contributed by atoms with Gasteiger partial charge in [-0.1, -0.05) is 35.9 Å². The zero-order chi connectivity index (χ0) is 19.9. The average Bonchev–Trinajstić information content (AvgIpc) is 2.57. The van der Waals surface area contributed by atoms with Crippen molar-refractivity contribution in [3.05, 3.63) is 64.2 Å². The quantitative estimate of drug-likeness (QED) is 0.595. The van der Waals surface area contributed by atoms with Crippen molar-refractivity contribution in [2.75, 3.05) is 13.7 Å². The summed E-state index contributed by atoms with van der Waals surface area (Å²) < 4.78 is 16.5. The van der Waals surface area contributed by atoms with Crippen molar-refractivity contribution in [3.8, 4) is 5.75 Å². The summed E-state index contributed by atoms with van der Waals surface area (Å²) in [5.74, 6) is 0.393. The maximum absolute atomic E-state index is 12.1. The number of hydrogen-bond donors (Lipinski definition) is 0. The minimum Gasteiger partial charge on any atom is -0.489 e. The fourth-order valence-corrected chi connectivity index (χ4v) is 2.93. The monoisotopic (exact) mass is 390 g/mol. The highest BCUT2D eigenvalue weighted by atomic mass is 35.5. The lowest BCUT2D eigenvalue weighted by Crippen LogP contribution is -2.25. The molecule has 27 heavy (non-hydrogen) atoms. The molecule has 0 saturated carbocycles. The maximum atomic E-state index is 12.1. The van der Waals surface area contributed by atoms with Crippen LogP contribution in [0.15, 0.2) is 42.5 Å². The molecule has 0 aliphatic heterocycles. The van der Waals surface area contributed by atoms with Crippen molar-refractivity contribution in [2.45, 2.75) is 45.8 Å². The van der Waals surface area contributed by atoms with E-state index in [0.29, 0.717) is 24.0 Å². The van der Waals surface area contributed by atoms with Gasteiger partial charge in [-0.05, 0) is 56.5 Å². The third-order valence-corrected chi connectivity index (χ3v) is 3.95. The summed E-state index contributed by atoms with van der Waals surface area (Å²) >= 11 is 6.21. The summed E-state index contributed by atoms with van der Waals surface area (Å²) in [5, 5.41) is 0.671. The van der Waals surface area contributed by atoms with E-state index in [9.17, 15) is 4.79 Å². The van der Waals surface area contributed by atoms with E-state index in [2.05, 4.69) is 6.07 Å². The van der Waals surface area contributed by atoms with Crippen LogP contribution in [-0.4, -0.2) is 25.3 Å². The van der Waals surface area contributed by atoms with Crippen LogP contribution in [0.3, 0.4) is 0 Å². The molecule has 0 amide bonds. The zero-order valence-corrected chi connectivity index (χ0v) is 17.1. The molecule has 0 saturated heterocycles. The highest BCUT2D eigenvalue weighted by molar-refractivity contribution is 6.30. The van der Waals surface area contributed by atoms with Gasteiger partial charge in [0.15, 0.2) is 0 Å². The molecule has 0 radical (unpaired) electrons. The van der Waals surface area contributed by atoms with E-state index in [4.69, 9.17) is 25.8 Å². The highest BCUT2D eigenvalue weighted by Gasteiger charge is 2.18. The van der Waals surface area contributed by atoms with E-state index in [1.54, 1.807) is 7.11 Å². The molecule has 2 aromatic rings. The van der Waals surface area contributed by atoms with E-state index in [0.717, 1.165) is 23.1 Å². The second-order valence-corrected chi connectivity index (χ2v) is 7.81. The minimum absolute atomic E-state index is 0.169. The van der Waals surface area contributed by atoms with E-state index in [1.165, 1.54) is 0 Å². The predicted molar refractivity (Wildman–Crippen MR) is 107 cm³/mol. The molecule has 2 aromatic carbocycles. The second-order valence-electron chi connectivity index (χ2n) is 7.37. The number of methoxy groups -OCH3 is 1. The van der Waals surface area contributed by atoms with Crippen molar-refractivity contribution in [1.82, 2.24) is 0 Å². The van der Waals surface area contributed by atoms with Gasteiger partial charge >= 0.3 is 5.97 Å². The van der Waals surface area contributed by atoms with Gasteiger partial charge in [0.05, 0.1) is 13.0 Å². The van der Waals surface area contributed by atoms with Gasteiger partial charge in [0.1, 0.15) is 18.0 Å². The van der Waals surface area contributed by atoms with Crippen LogP contribution >= 0.6 is 11.6 Å². The van der Waals surface area contributed by atoms with Gasteiger partial charge in [-0.15, -0.1) is 0 Å². The molecule has 0 atom stereocenters. The molecule has 146 valence electrons. The lowest BCUT2D eigenvalue weighted by molar-refractivity contribution is -0.153. The Morgan fingerprint density at radius 3 is 2.48 bits per heavy atom. The molecule has 2 rings (SSSR count). The first-order valence-corrected chi connectivity index (χ1v) is 9.34. The van der Waals surface area contributed by atoms with Crippen molar-refractivity contribution < 1.29 is 19.0 Å². The Bertz CT molecular complexity index is 765. The lowest BCUT2D eigenvalue weighted by atomic mass is 10.1. The average molecular weight is 391 g/mol. The van der Waals surface area contributed by atoms with Crippen molar-refractivity contribution in [2.24, 2.45) is 0 Å². The smallest absolute Gasteiger partial charge is 0.310 e. The number of benzene rings is 2. The lowest BCUT2D eigenvalue weighted by Gasteiger charge is -2.20. The van der Waals surface area contributed by atoms with Crippen LogP contribution < -0.4 is 4.74 Å². The van der Waals surface area contributed by atoms with Crippen molar-refractivity contribution >= 4 is 17.6 Å². The van der Waals surface area contributed by atoms with Gasteiger partial charge in [-0.2, -0.15) is 0 Å². The molecule has 0 spiro atoms. The first-order chi connectivity index (χ1) is 12.8. The Balaban J connectivity index is 2.06. The van der Waals surface area contributed by atoms with E-state index >= 15 is 0 Å². The van der Waals surface area contributed by atoms with Gasteiger partial charge in [0, 0.05) is 17.7 Å². The Kier molecular flexibility index (Phi) is 7.69. The number of carbonyl (C=O) groups excluding carboxylic acids is 1. The number of carbonyl (C=O) groups is 1. The Labute approximate surface area is 166 Å². The summed E-state index contributed by atoms with van der Waals surface area (Å²) in [7, 11) is 1.68. The summed E-state index contributed by atoms with van der Waals surface area (Å²) in [6.07, 6.45) is 0.960. The first-order valence-electron chi connectivity index (χ1n) is 8.96. The minimum atomic E-state index is -0.508. The van der Waals surface area contributed by atoms with Crippen LogP contribution in [0.5, 0.6) is 5.75 Å². The molecule has 0 N–H and O–H groups in total.